The maximum atomic E-state index is 8.44. The molecule has 0 atom stereocenters. The van der Waals surface area contributed by atoms with Gasteiger partial charge in [-0.05, 0) is 0 Å². The maximum absolute atomic E-state index is 8.44. The number of rotatable bonds is 0. The van der Waals surface area contributed by atoms with Crippen LogP contribution in [0.3, 0.4) is 0 Å². The number of hydrogen-bond acceptors (Lipinski definition) is 5. The molecule has 0 spiro atoms. The molecule has 1 heterocycles. The molecule has 0 aromatic rings. The van der Waals surface area contributed by atoms with Gasteiger partial charge >= 0.3 is 0 Å². The minimum Gasteiger partial charge on any atom is -0.296 e. The van der Waals surface area contributed by atoms with Gasteiger partial charge in [0.05, 0.1) is 13.3 Å². The van der Waals surface area contributed by atoms with Gasteiger partial charge in [0.25, 0.3) is 0 Å². The van der Waals surface area contributed by atoms with Crippen LogP contribution in [-0.4, -0.2) is 34.1 Å². The van der Waals surface area contributed by atoms with E-state index >= 15 is 0 Å². The summed E-state index contributed by atoms with van der Waals surface area (Å²) >= 11 is 0. The van der Waals surface area contributed by atoms with E-state index in [9.17, 15) is 0 Å². The van der Waals surface area contributed by atoms with Gasteiger partial charge in [0, 0.05) is 0 Å². The summed E-state index contributed by atoms with van der Waals surface area (Å²) in [4.78, 5) is 0. The third-order valence-corrected chi connectivity index (χ3v) is 0.773. The Kier molecular flexibility index (Phi) is 1.22. The van der Waals surface area contributed by atoms with Gasteiger partial charge in [-0.3, -0.25) is 15.7 Å². The van der Waals surface area contributed by atoms with Gasteiger partial charge in [0.15, 0.2) is 0 Å². The van der Waals surface area contributed by atoms with Crippen LogP contribution in [-0.2, 0) is 0 Å². The van der Waals surface area contributed by atoms with Crippen molar-refractivity contribution in [2.45, 2.75) is 0 Å². The first-order chi connectivity index (χ1) is 3.30. The van der Waals surface area contributed by atoms with Crippen molar-refractivity contribution >= 4 is 0 Å². The largest absolute Gasteiger partial charge is 0.296 e. The van der Waals surface area contributed by atoms with Crippen LogP contribution in [0.2, 0.25) is 0 Å². The predicted molar refractivity (Wildman–Crippen MR) is 20.1 cm³/mol. The lowest BCUT2D eigenvalue weighted by Gasteiger charge is -2.10. The van der Waals surface area contributed by atoms with Crippen molar-refractivity contribution in [1.29, 1.82) is 0 Å². The molecule has 1 saturated heterocycles. The van der Waals surface area contributed by atoms with Gasteiger partial charge in [-0.25, -0.2) is 0 Å². The highest BCUT2D eigenvalue weighted by molar-refractivity contribution is 4.42. The molecule has 5 nitrogen and oxygen atoms in total. The van der Waals surface area contributed by atoms with Crippen molar-refractivity contribution < 1.29 is 10.4 Å². The molecular formula is C2H7N3O2. The average molecular weight is 105 g/mol. The first-order valence-electron chi connectivity index (χ1n) is 1.94. The summed E-state index contributed by atoms with van der Waals surface area (Å²) in [7, 11) is 0. The summed E-state index contributed by atoms with van der Waals surface area (Å²) < 4.78 is 0. The molecule has 7 heavy (non-hydrogen) atoms. The van der Waals surface area contributed by atoms with Crippen LogP contribution in [0.25, 0.3) is 0 Å². The Balaban J connectivity index is 2.33. The molecule has 42 valence electrons. The van der Waals surface area contributed by atoms with Crippen LogP contribution in [0.4, 0.5) is 0 Å². The molecule has 5 heteroatoms. The van der Waals surface area contributed by atoms with Gasteiger partial charge in [-0.15, -0.1) is 0 Å². The fourth-order valence-electron chi connectivity index (χ4n) is 0.413. The van der Waals surface area contributed by atoms with Crippen molar-refractivity contribution in [3.63, 3.8) is 0 Å². The van der Waals surface area contributed by atoms with Crippen molar-refractivity contribution in [2.75, 3.05) is 13.3 Å². The highest BCUT2D eigenvalue weighted by Gasteiger charge is 2.14. The standard InChI is InChI=1S/C2H7N3O2/c6-4-1-3-2-5(4)7/h3,6-7H,1-2H2. The summed E-state index contributed by atoms with van der Waals surface area (Å²) in [6.07, 6.45) is 0. The molecule has 3 N–H and O–H groups in total. The number of hydrazine groups is 1. The van der Waals surface area contributed by atoms with Gasteiger partial charge in [0.1, 0.15) is 0 Å². The van der Waals surface area contributed by atoms with Crippen molar-refractivity contribution in [2.24, 2.45) is 0 Å². The van der Waals surface area contributed by atoms with Crippen molar-refractivity contribution in [1.82, 2.24) is 15.7 Å². The zero-order valence-electron chi connectivity index (χ0n) is 3.70. The van der Waals surface area contributed by atoms with E-state index in [2.05, 4.69) is 5.32 Å². The highest BCUT2D eigenvalue weighted by Crippen LogP contribution is 1.90. The van der Waals surface area contributed by atoms with E-state index in [-0.39, 0.29) is 13.3 Å². The Labute approximate surface area is 40.6 Å². The van der Waals surface area contributed by atoms with Gasteiger partial charge < -0.3 is 0 Å². The van der Waals surface area contributed by atoms with Crippen LogP contribution in [0.5, 0.6) is 0 Å². The second-order valence-electron chi connectivity index (χ2n) is 1.31. The van der Waals surface area contributed by atoms with Crippen molar-refractivity contribution in [3.8, 4) is 0 Å². The number of hydroxylamine groups is 2. The van der Waals surface area contributed by atoms with E-state index in [0.29, 0.717) is 10.3 Å². The Morgan fingerprint density at radius 1 is 1.14 bits per heavy atom. The summed E-state index contributed by atoms with van der Waals surface area (Å²) in [6.45, 7) is 0.576. The van der Waals surface area contributed by atoms with Crippen LogP contribution in [0.1, 0.15) is 0 Å². The monoisotopic (exact) mass is 105 g/mol. The van der Waals surface area contributed by atoms with E-state index in [4.69, 9.17) is 10.4 Å². The maximum Gasteiger partial charge on any atom is 0.0928 e. The lowest BCUT2D eigenvalue weighted by Crippen LogP contribution is -2.29. The Hall–Kier alpha value is -0.200. The lowest BCUT2D eigenvalue weighted by molar-refractivity contribution is -0.341. The van der Waals surface area contributed by atoms with Gasteiger partial charge in [0.2, 0.25) is 0 Å². The van der Waals surface area contributed by atoms with Crippen molar-refractivity contribution in [3.05, 3.63) is 0 Å². The average Bonchev–Trinajstić information content (AvgIpc) is 1.91. The van der Waals surface area contributed by atoms with E-state index in [1.807, 2.05) is 0 Å². The minimum atomic E-state index is 0.288. The molecule has 0 aliphatic carbocycles. The number of hydrogen-bond donors (Lipinski definition) is 3. The van der Waals surface area contributed by atoms with Gasteiger partial charge in [-0.1, -0.05) is 10.3 Å². The molecule has 1 aliphatic heterocycles. The molecule has 0 aromatic carbocycles. The third-order valence-electron chi connectivity index (χ3n) is 0.773. The smallest absolute Gasteiger partial charge is 0.0928 e. The molecule has 0 radical (unpaired) electrons. The molecule has 1 fully saturated rings. The van der Waals surface area contributed by atoms with E-state index in [0.717, 1.165) is 0 Å². The number of nitrogens with zero attached hydrogens (tertiary/aromatic N) is 2. The Morgan fingerprint density at radius 2 is 1.57 bits per heavy atom. The Bertz CT molecular complexity index is 60.0. The molecule has 0 bridgehead atoms. The molecule has 0 unspecified atom stereocenters. The first-order valence-corrected chi connectivity index (χ1v) is 1.94. The number of nitrogens with one attached hydrogen (secondary N) is 1. The van der Waals surface area contributed by atoms with E-state index < -0.39 is 0 Å². The molecule has 1 aliphatic rings. The summed E-state index contributed by atoms with van der Waals surface area (Å²) in [5.41, 5.74) is 0. The van der Waals surface area contributed by atoms with Crippen LogP contribution in [0.15, 0.2) is 0 Å². The van der Waals surface area contributed by atoms with Crippen LogP contribution < -0.4 is 5.32 Å². The predicted octanol–water partition coefficient (Wildman–Crippen LogP) is -1.20. The molecule has 0 aromatic heterocycles. The summed E-state index contributed by atoms with van der Waals surface area (Å²) in [5.74, 6) is 0. The second-order valence-corrected chi connectivity index (χ2v) is 1.31. The quantitative estimate of drug-likeness (QED) is 0.361. The van der Waals surface area contributed by atoms with E-state index in [1.165, 1.54) is 0 Å². The topological polar surface area (TPSA) is 59.0 Å². The fraction of sp³-hybridized carbons (Fsp3) is 1.00. The first kappa shape index (κ1) is 4.95. The van der Waals surface area contributed by atoms with Gasteiger partial charge in [-0.2, -0.15) is 0 Å². The zero-order chi connectivity index (χ0) is 5.28. The normalized spacial score (nSPS) is 26.6. The zero-order valence-corrected chi connectivity index (χ0v) is 3.70. The Morgan fingerprint density at radius 3 is 1.71 bits per heavy atom. The van der Waals surface area contributed by atoms with Crippen LogP contribution >= 0.6 is 0 Å². The summed E-state index contributed by atoms with van der Waals surface area (Å²) in [5, 5.41) is 20.9. The SMILES string of the molecule is ON1CNCN1O. The van der Waals surface area contributed by atoms with E-state index in [1.54, 1.807) is 0 Å². The van der Waals surface area contributed by atoms with Crippen LogP contribution in [0, 0.1) is 0 Å². The second kappa shape index (κ2) is 1.73. The molecular weight excluding hydrogens is 98.0 g/mol. The molecule has 1 rings (SSSR count). The molecule has 0 amide bonds. The minimum absolute atomic E-state index is 0.288. The molecule has 0 saturated carbocycles. The lowest BCUT2D eigenvalue weighted by atomic mass is 11.1. The highest BCUT2D eigenvalue weighted by atomic mass is 16.7. The third kappa shape index (κ3) is 0.872. The summed E-state index contributed by atoms with van der Waals surface area (Å²) in [6, 6.07) is 0. The fourth-order valence-corrected chi connectivity index (χ4v) is 0.413.